The van der Waals surface area contributed by atoms with Crippen molar-refractivity contribution in [2.75, 3.05) is 21.3 Å². The molecule has 0 atom stereocenters. The molecular weight excluding hydrogens is 396 g/mol. The molecule has 0 aliphatic heterocycles. The monoisotopic (exact) mass is 418 g/mol. The summed E-state index contributed by atoms with van der Waals surface area (Å²) in [4.78, 5) is 0. The van der Waals surface area contributed by atoms with E-state index in [1.54, 1.807) is 45.6 Å². The normalized spacial score (nSPS) is 10.5. The molecule has 31 heavy (non-hydrogen) atoms. The minimum absolute atomic E-state index is 0.328. The largest absolute Gasteiger partial charge is 0.497 e. The smallest absolute Gasteiger partial charge is 0.252 e. The van der Waals surface area contributed by atoms with E-state index in [9.17, 15) is 0 Å². The minimum atomic E-state index is 0.328. The van der Waals surface area contributed by atoms with Crippen molar-refractivity contribution in [2.45, 2.75) is 6.61 Å². The molecule has 0 saturated heterocycles. The molecule has 0 aliphatic carbocycles. The first-order valence-electron chi connectivity index (χ1n) is 9.63. The fraction of sp³-hybridized carbons (Fsp3) is 0.167. The zero-order valence-electron chi connectivity index (χ0n) is 17.5. The zero-order chi connectivity index (χ0) is 21.6. The number of rotatable bonds is 8. The van der Waals surface area contributed by atoms with E-state index in [0.717, 1.165) is 5.56 Å². The van der Waals surface area contributed by atoms with Gasteiger partial charge in [0.1, 0.15) is 18.1 Å². The Hall–Kier alpha value is -4.00. The van der Waals surface area contributed by atoms with E-state index in [1.165, 1.54) is 0 Å². The molecule has 1 heterocycles. The van der Waals surface area contributed by atoms with E-state index >= 15 is 0 Å². The van der Waals surface area contributed by atoms with Crippen molar-refractivity contribution in [3.8, 4) is 45.9 Å². The van der Waals surface area contributed by atoms with E-state index in [-0.39, 0.29) is 0 Å². The lowest BCUT2D eigenvalue weighted by Gasteiger charge is -2.11. The molecule has 7 nitrogen and oxygen atoms in total. The number of aromatic nitrogens is 2. The first-order chi connectivity index (χ1) is 15.2. The minimum Gasteiger partial charge on any atom is -0.497 e. The van der Waals surface area contributed by atoms with E-state index in [2.05, 4.69) is 10.2 Å². The van der Waals surface area contributed by atoms with Gasteiger partial charge >= 0.3 is 0 Å². The average molecular weight is 418 g/mol. The molecule has 0 amide bonds. The Morgan fingerprint density at radius 3 is 2.19 bits per heavy atom. The highest BCUT2D eigenvalue weighted by atomic mass is 16.5. The van der Waals surface area contributed by atoms with Crippen LogP contribution >= 0.6 is 0 Å². The van der Waals surface area contributed by atoms with Crippen molar-refractivity contribution in [3.05, 3.63) is 72.3 Å². The molecule has 0 radical (unpaired) electrons. The summed E-state index contributed by atoms with van der Waals surface area (Å²) in [6, 6.07) is 20.8. The van der Waals surface area contributed by atoms with Gasteiger partial charge in [-0.05, 0) is 42.0 Å². The highest BCUT2D eigenvalue weighted by molar-refractivity contribution is 5.67. The molecule has 0 aliphatic rings. The third-order valence-corrected chi connectivity index (χ3v) is 4.71. The van der Waals surface area contributed by atoms with Gasteiger partial charge in [-0.3, -0.25) is 0 Å². The lowest BCUT2D eigenvalue weighted by molar-refractivity contribution is 0.284. The van der Waals surface area contributed by atoms with Gasteiger partial charge in [-0.25, -0.2) is 0 Å². The molecule has 158 valence electrons. The average Bonchev–Trinajstić information content (AvgIpc) is 3.33. The van der Waals surface area contributed by atoms with Crippen LogP contribution in [0.15, 0.2) is 71.1 Å². The summed E-state index contributed by atoms with van der Waals surface area (Å²) < 4.78 is 28.0. The van der Waals surface area contributed by atoms with Crippen molar-refractivity contribution in [1.82, 2.24) is 10.2 Å². The summed E-state index contributed by atoms with van der Waals surface area (Å²) >= 11 is 0. The molecule has 4 aromatic rings. The van der Waals surface area contributed by atoms with Crippen LogP contribution in [0.5, 0.6) is 23.0 Å². The predicted octanol–water partition coefficient (Wildman–Crippen LogP) is 5.01. The topological polar surface area (TPSA) is 75.8 Å². The van der Waals surface area contributed by atoms with Gasteiger partial charge in [0.15, 0.2) is 11.5 Å². The van der Waals surface area contributed by atoms with Crippen LogP contribution in [-0.4, -0.2) is 31.5 Å². The van der Waals surface area contributed by atoms with E-state index in [4.69, 9.17) is 23.4 Å². The number of benzene rings is 3. The fourth-order valence-electron chi connectivity index (χ4n) is 3.09. The quantitative estimate of drug-likeness (QED) is 0.398. The Bertz CT molecular complexity index is 1160. The molecule has 0 saturated carbocycles. The zero-order valence-corrected chi connectivity index (χ0v) is 17.5. The molecule has 0 bridgehead atoms. The third kappa shape index (κ3) is 4.45. The second-order valence-electron chi connectivity index (χ2n) is 6.62. The molecule has 1 aromatic heterocycles. The number of ether oxygens (including phenoxy) is 4. The first-order valence-corrected chi connectivity index (χ1v) is 9.63. The highest BCUT2D eigenvalue weighted by Gasteiger charge is 2.17. The summed E-state index contributed by atoms with van der Waals surface area (Å²) in [5.74, 6) is 3.16. The lowest BCUT2D eigenvalue weighted by atomic mass is 10.2. The van der Waals surface area contributed by atoms with Gasteiger partial charge in [0.25, 0.3) is 5.89 Å². The van der Waals surface area contributed by atoms with Gasteiger partial charge in [-0.2, -0.15) is 0 Å². The summed E-state index contributed by atoms with van der Waals surface area (Å²) in [6.07, 6.45) is 0. The van der Waals surface area contributed by atoms with Crippen LogP contribution in [0.4, 0.5) is 0 Å². The molecule has 3 aromatic carbocycles. The summed E-state index contributed by atoms with van der Waals surface area (Å²) in [7, 11) is 4.77. The SMILES string of the molecule is COc1ccc(OC)c(-c2nnc(-c3ccc(OCc4ccccc4)c(OC)c3)o2)c1. The molecule has 0 unspecified atom stereocenters. The van der Waals surface area contributed by atoms with Crippen molar-refractivity contribution in [2.24, 2.45) is 0 Å². The van der Waals surface area contributed by atoms with Crippen molar-refractivity contribution >= 4 is 0 Å². The van der Waals surface area contributed by atoms with Crippen LogP contribution in [0, 0.1) is 0 Å². The summed E-state index contributed by atoms with van der Waals surface area (Å²) in [5, 5.41) is 8.36. The van der Waals surface area contributed by atoms with Crippen molar-refractivity contribution in [3.63, 3.8) is 0 Å². The summed E-state index contributed by atoms with van der Waals surface area (Å²) in [6.45, 7) is 0.441. The van der Waals surface area contributed by atoms with E-state index in [1.807, 2.05) is 42.5 Å². The van der Waals surface area contributed by atoms with Crippen LogP contribution in [0.25, 0.3) is 22.9 Å². The molecule has 0 fully saturated rings. The second kappa shape index (κ2) is 9.21. The lowest BCUT2D eigenvalue weighted by Crippen LogP contribution is -1.97. The van der Waals surface area contributed by atoms with Crippen LogP contribution < -0.4 is 18.9 Å². The van der Waals surface area contributed by atoms with Crippen LogP contribution in [0.1, 0.15) is 5.56 Å². The molecule has 0 spiro atoms. The van der Waals surface area contributed by atoms with E-state index in [0.29, 0.717) is 52.5 Å². The molecule has 4 rings (SSSR count). The maximum absolute atomic E-state index is 5.91. The van der Waals surface area contributed by atoms with Crippen LogP contribution in [-0.2, 0) is 6.61 Å². The Labute approximate surface area is 180 Å². The molecule has 7 heteroatoms. The number of methoxy groups -OCH3 is 3. The van der Waals surface area contributed by atoms with Crippen LogP contribution in [0.2, 0.25) is 0 Å². The van der Waals surface area contributed by atoms with Crippen molar-refractivity contribution < 1.29 is 23.4 Å². The number of hydrogen-bond donors (Lipinski definition) is 0. The van der Waals surface area contributed by atoms with Gasteiger partial charge in [-0.15, -0.1) is 10.2 Å². The van der Waals surface area contributed by atoms with Gasteiger partial charge in [0.2, 0.25) is 5.89 Å². The third-order valence-electron chi connectivity index (χ3n) is 4.71. The van der Waals surface area contributed by atoms with E-state index < -0.39 is 0 Å². The second-order valence-corrected chi connectivity index (χ2v) is 6.62. The Balaban J connectivity index is 1.59. The maximum Gasteiger partial charge on any atom is 0.252 e. The summed E-state index contributed by atoms with van der Waals surface area (Å²) in [5.41, 5.74) is 2.43. The van der Waals surface area contributed by atoms with Gasteiger partial charge in [-0.1, -0.05) is 30.3 Å². The number of hydrogen-bond acceptors (Lipinski definition) is 7. The predicted molar refractivity (Wildman–Crippen MR) is 116 cm³/mol. The molecular formula is C24H22N2O5. The first kappa shape index (κ1) is 20.3. The number of nitrogens with zero attached hydrogens (tertiary/aromatic N) is 2. The molecule has 0 N–H and O–H groups in total. The van der Waals surface area contributed by atoms with Crippen molar-refractivity contribution in [1.29, 1.82) is 0 Å². The van der Waals surface area contributed by atoms with Gasteiger partial charge in [0, 0.05) is 5.56 Å². The highest BCUT2D eigenvalue weighted by Crippen LogP contribution is 2.36. The van der Waals surface area contributed by atoms with Gasteiger partial charge < -0.3 is 23.4 Å². The fourth-order valence-corrected chi connectivity index (χ4v) is 3.09. The standard InChI is InChI=1S/C24H22N2O5/c1-27-18-10-12-20(28-2)19(14-18)24-26-25-23(31-24)17-9-11-21(22(13-17)29-3)30-15-16-7-5-4-6-8-16/h4-14H,15H2,1-3H3. The Morgan fingerprint density at radius 1 is 0.710 bits per heavy atom. The Kier molecular flexibility index (Phi) is 6.03. The maximum atomic E-state index is 5.91. The van der Waals surface area contributed by atoms with Gasteiger partial charge in [0.05, 0.1) is 26.9 Å². The van der Waals surface area contributed by atoms with Crippen LogP contribution in [0.3, 0.4) is 0 Å². The Morgan fingerprint density at radius 2 is 1.45 bits per heavy atom.